The van der Waals surface area contributed by atoms with Gasteiger partial charge in [0.2, 0.25) is 5.91 Å². The van der Waals surface area contributed by atoms with Crippen LogP contribution in [-0.4, -0.2) is 54.4 Å². The lowest BCUT2D eigenvalue weighted by Crippen LogP contribution is -2.49. The predicted molar refractivity (Wildman–Crippen MR) is 117 cm³/mol. The maximum absolute atomic E-state index is 13.4. The van der Waals surface area contributed by atoms with Crippen LogP contribution in [0.1, 0.15) is 36.5 Å². The van der Waals surface area contributed by atoms with E-state index < -0.39 is 11.9 Å². The number of nitrogens with one attached hydrogen (secondary N) is 1. The quantitative estimate of drug-likeness (QED) is 0.701. The standard InChI is InChI=1S/C24H26FN3O4/c1-2-32-20-8-6-19(7-9-20)28-22(29)15-21(24(28)31)26-18-10-12-27(13-11-18)23(30)16-4-3-5-17(25)14-16/h3-9,14,18,21,26H,2,10-13,15H2,1H3. The van der Waals surface area contributed by atoms with Crippen molar-refractivity contribution in [1.29, 1.82) is 0 Å². The molecule has 2 saturated heterocycles. The number of piperidine rings is 1. The summed E-state index contributed by atoms with van der Waals surface area (Å²) < 4.78 is 18.8. The minimum atomic E-state index is -0.579. The van der Waals surface area contributed by atoms with E-state index in [9.17, 15) is 18.8 Å². The monoisotopic (exact) mass is 439 g/mol. The Morgan fingerprint density at radius 2 is 1.84 bits per heavy atom. The smallest absolute Gasteiger partial charge is 0.253 e. The normalized spacial score (nSPS) is 19.5. The van der Waals surface area contributed by atoms with Gasteiger partial charge in [-0.25, -0.2) is 9.29 Å². The third kappa shape index (κ3) is 4.65. The lowest BCUT2D eigenvalue weighted by Gasteiger charge is -2.33. The van der Waals surface area contributed by atoms with Crippen LogP contribution in [0.15, 0.2) is 48.5 Å². The summed E-state index contributed by atoms with van der Waals surface area (Å²) >= 11 is 0. The van der Waals surface area contributed by atoms with Crippen LogP contribution in [0.2, 0.25) is 0 Å². The van der Waals surface area contributed by atoms with Gasteiger partial charge in [0.25, 0.3) is 11.8 Å². The van der Waals surface area contributed by atoms with E-state index in [2.05, 4.69) is 5.32 Å². The van der Waals surface area contributed by atoms with Gasteiger partial charge in [-0.15, -0.1) is 0 Å². The molecule has 32 heavy (non-hydrogen) atoms. The van der Waals surface area contributed by atoms with E-state index in [0.29, 0.717) is 49.5 Å². The van der Waals surface area contributed by atoms with Crippen LogP contribution in [-0.2, 0) is 9.59 Å². The molecule has 7 nitrogen and oxygen atoms in total. The Morgan fingerprint density at radius 1 is 1.12 bits per heavy atom. The molecule has 1 N–H and O–H groups in total. The van der Waals surface area contributed by atoms with Crippen LogP contribution in [0.25, 0.3) is 0 Å². The lowest BCUT2D eigenvalue weighted by molar-refractivity contribution is -0.121. The topological polar surface area (TPSA) is 79.0 Å². The van der Waals surface area contributed by atoms with Gasteiger partial charge in [-0.1, -0.05) is 6.07 Å². The number of hydrogen-bond acceptors (Lipinski definition) is 5. The minimum absolute atomic E-state index is 0.0218. The molecule has 2 aromatic rings. The molecule has 0 radical (unpaired) electrons. The van der Waals surface area contributed by atoms with E-state index in [1.54, 1.807) is 35.2 Å². The molecule has 2 aliphatic rings. The van der Waals surface area contributed by atoms with Crippen LogP contribution in [0, 0.1) is 5.82 Å². The van der Waals surface area contributed by atoms with Crippen molar-refractivity contribution in [3.8, 4) is 5.75 Å². The molecule has 0 saturated carbocycles. The first-order valence-electron chi connectivity index (χ1n) is 10.9. The Balaban J connectivity index is 1.33. The van der Waals surface area contributed by atoms with Crippen LogP contribution in [0.3, 0.4) is 0 Å². The first kappa shape index (κ1) is 22.0. The molecule has 0 aliphatic carbocycles. The number of halogens is 1. The van der Waals surface area contributed by atoms with Crippen LogP contribution < -0.4 is 15.0 Å². The van der Waals surface area contributed by atoms with Gasteiger partial charge in [0.05, 0.1) is 24.8 Å². The number of hydrogen-bond donors (Lipinski definition) is 1. The van der Waals surface area contributed by atoms with E-state index >= 15 is 0 Å². The molecule has 8 heteroatoms. The third-order valence-corrected chi connectivity index (χ3v) is 5.84. The molecule has 2 aromatic carbocycles. The summed E-state index contributed by atoms with van der Waals surface area (Å²) in [6.45, 7) is 3.44. The highest BCUT2D eigenvalue weighted by Gasteiger charge is 2.40. The third-order valence-electron chi connectivity index (χ3n) is 5.84. The highest BCUT2D eigenvalue weighted by atomic mass is 19.1. The molecule has 3 amide bonds. The molecular weight excluding hydrogens is 413 g/mol. The van der Waals surface area contributed by atoms with Crippen molar-refractivity contribution in [1.82, 2.24) is 10.2 Å². The summed E-state index contributed by atoms with van der Waals surface area (Å²) in [6, 6.07) is 12.0. The summed E-state index contributed by atoms with van der Waals surface area (Å²) in [7, 11) is 0. The fourth-order valence-electron chi connectivity index (χ4n) is 4.23. The Morgan fingerprint density at radius 3 is 2.50 bits per heavy atom. The molecule has 168 valence electrons. The number of imide groups is 1. The molecule has 2 fully saturated rings. The van der Waals surface area contributed by atoms with E-state index in [1.807, 2.05) is 6.92 Å². The predicted octanol–water partition coefficient (Wildman–Crippen LogP) is 2.75. The maximum atomic E-state index is 13.4. The Bertz CT molecular complexity index is 1000. The summed E-state index contributed by atoms with van der Waals surface area (Å²) in [5, 5.41) is 3.30. The largest absolute Gasteiger partial charge is 0.494 e. The second-order valence-corrected chi connectivity index (χ2v) is 7.99. The Kier molecular flexibility index (Phi) is 6.50. The van der Waals surface area contributed by atoms with Gasteiger partial charge in [0.1, 0.15) is 11.6 Å². The Hall–Kier alpha value is -3.26. The molecule has 4 rings (SSSR count). The zero-order chi connectivity index (χ0) is 22.7. The zero-order valence-electron chi connectivity index (χ0n) is 17.9. The number of rotatable bonds is 6. The van der Waals surface area contributed by atoms with Gasteiger partial charge in [-0.05, 0) is 62.2 Å². The van der Waals surface area contributed by atoms with Gasteiger partial charge in [0, 0.05) is 24.7 Å². The molecule has 2 aliphatic heterocycles. The van der Waals surface area contributed by atoms with E-state index in [0.717, 1.165) is 0 Å². The maximum Gasteiger partial charge on any atom is 0.253 e. The van der Waals surface area contributed by atoms with Gasteiger partial charge in [0.15, 0.2) is 0 Å². The van der Waals surface area contributed by atoms with Gasteiger partial charge in [-0.3, -0.25) is 14.4 Å². The number of likely N-dealkylation sites (tertiary alicyclic amines) is 1. The number of carbonyl (C=O) groups is 3. The van der Waals surface area contributed by atoms with Crippen molar-refractivity contribution >= 4 is 23.4 Å². The van der Waals surface area contributed by atoms with Gasteiger partial charge in [-0.2, -0.15) is 0 Å². The van der Waals surface area contributed by atoms with Crippen LogP contribution in [0.4, 0.5) is 10.1 Å². The number of anilines is 1. The zero-order valence-corrected chi connectivity index (χ0v) is 17.9. The van der Waals surface area contributed by atoms with Gasteiger partial charge < -0.3 is 15.0 Å². The number of benzene rings is 2. The van der Waals surface area contributed by atoms with Crippen molar-refractivity contribution in [2.24, 2.45) is 0 Å². The van der Waals surface area contributed by atoms with Crippen molar-refractivity contribution in [3.05, 3.63) is 59.9 Å². The van der Waals surface area contributed by atoms with E-state index in [-0.39, 0.29) is 30.2 Å². The van der Waals surface area contributed by atoms with Crippen molar-refractivity contribution in [2.45, 2.75) is 38.3 Å². The number of nitrogens with zero attached hydrogens (tertiary/aromatic N) is 2. The fourth-order valence-corrected chi connectivity index (χ4v) is 4.23. The molecule has 0 bridgehead atoms. The summed E-state index contributed by atoms with van der Waals surface area (Å²) in [5.41, 5.74) is 0.863. The summed E-state index contributed by atoms with van der Waals surface area (Å²) in [4.78, 5) is 40.9. The highest BCUT2D eigenvalue weighted by Crippen LogP contribution is 2.26. The minimum Gasteiger partial charge on any atom is -0.494 e. The molecule has 0 aromatic heterocycles. The molecular formula is C24H26FN3O4. The van der Waals surface area contributed by atoms with Crippen molar-refractivity contribution in [3.63, 3.8) is 0 Å². The number of carbonyl (C=O) groups excluding carboxylic acids is 3. The van der Waals surface area contributed by atoms with Crippen molar-refractivity contribution in [2.75, 3.05) is 24.6 Å². The number of ether oxygens (including phenoxy) is 1. The lowest BCUT2D eigenvalue weighted by atomic mass is 10.0. The van der Waals surface area contributed by atoms with Crippen LogP contribution in [0.5, 0.6) is 5.75 Å². The summed E-state index contributed by atoms with van der Waals surface area (Å²) in [5.74, 6) is -0.456. The van der Waals surface area contributed by atoms with E-state index in [1.165, 1.54) is 23.1 Å². The fraction of sp³-hybridized carbons (Fsp3) is 0.375. The van der Waals surface area contributed by atoms with E-state index in [4.69, 9.17) is 4.74 Å². The van der Waals surface area contributed by atoms with Crippen LogP contribution >= 0.6 is 0 Å². The first-order valence-corrected chi connectivity index (χ1v) is 10.9. The molecule has 1 unspecified atom stereocenters. The highest BCUT2D eigenvalue weighted by molar-refractivity contribution is 6.22. The number of amides is 3. The second-order valence-electron chi connectivity index (χ2n) is 7.99. The molecule has 1 atom stereocenters. The molecule has 0 spiro atoms. The summed E-state index contributed by atoms with van der Waals surface area (Å²) in [6.07, 6.45) is 1.42. The molecule has 2 heterocycles. The Labute approximate surface area is 186 Å². The second kappa shape index (κ2) is 9.48. The average Bonchev–Trinajstić information content (AvgIpc) is 3.07. The average molecular weight is 439 g/mol. The van der Waals surface area contributed by atoms with Crippen molar-refractivity contribution < 1.29 is 23.5 Å². The van der Waals surface area contributed by atoms with Gasteiger partial charge >= 0.3 is 0 Å². The SMILES string of the molecule is CCOc1ccc(N2C(=O)CC(NC3CCN(C(=O)c4cccc(F)c4)CC3)C2=O)cc1. The first-order chi connectivity index (χ1) is 15.5.